The summed E-state index contributed by atoms with van der Waals surface area (Å²) in [6.45, 7) is 9.17. The minimum absolute atomic E-state index is 0.0369. The van der Waals surface area contributed by atoms with Gasteiger partial charge in [0.15, 0.2) is 0 Å². The van der Waals surface area contributed by atoms with Crippen LogP contribution < -0.4 is 5.32 Å². The lowest BCUT2D eigenvalue weighted by Crippen LogP contribution is -2.44. The second kappa shape index (κ2) is 7.23. The standard InChI is InChI=1S/C16H29N3O/c1-4-11-19-13-14(12-18-19)15(17-5-2)16(20-6-3)9-7-8-10-16/h12-13,15,17H,4-11H2,1-3H3. The maximum atomic E-state index is 6.23. The number of hydrogen-bond acceptors (Lipinski definition) is 3. The highest BCUT2D eigenvalue weighted by Crippen LogP contribution is 2.42. The van der Waals surface area contributed by atoms with Crippen molar-refractivity contribution >= 4 is 0 Å². The lowest BCUT2D eigenvalue weighted by molar-refractivity contribution is -0.0623. The third-order valence-electron chi connectivity index (χ3n) is 4.26. The Hall–Kier alpha value is -0.870. The van der Waals surface area contributed by atoms with Crippen LogP contribution in [0.3, 0.4) is 0 Å². The fourth-order valence-electron chi connectivity index (χ4n) is 3.47. The zero-order valence-corrected chi connectivity index (χ0v) is 13.2. The van der Waals surface area contributed by atoms with Crippen LogP contribution in [0.4, 0.5) is 0 Å². The summed E-state index contributed by atoms with van der Waals surface area (Å²) in [5.41, 5.74) is 1.24. The van der Waals surface area contributed by atoms with Gasteiger partial charge in [-0.05, 0) is 32.7 Å². The van der Waals surface area contributed by atoms with Crippen LogP contribution in [-0.2, 0) is 11.3 Å². The van der Waals surface area contributed by atoms with E-state index in [1.807, 2.05) is 10.9 Å². The molecule has 0 spiro atoms. The topological polar surface area (TPSA) is 39.1 Å². The van der Waals surface area contributed by atoms with Crippen molar-refractivity contribution in [2.45, 2.75) is 71.1 Å². The van der Waals surface area contributed by atoms with Gasteiger partial charge in [0.25, 0.3) is 0 Å². The zero-order chi connectivity index (χ0) is 14.4. The van der Waals surface area contributed by atoms with Gasteiger partial charge in [-0.2, -0.15) is 5.10 Å². The van der Waals surface area contributed by atoms with Gasteiger partial charge in [-0.1, -0.05) is 26.7 Å². The lowest BCUT2D eigenvalue weighted by Gasteiger charge is -2.37. The third kappa shape index (κ3) is 3.23. The molecule has 1 N–H and O–H groups in total. The average Bonchev–Trinajstić information content (AvgIpc) is 3.07. The summed E-state index contributed by atoms with van der Waals surface area (Å²) in [7, 11) is 0. The van der Waals surface area contributed by atoms with Crippen molar-refractivity contribution in [3.63, 3.8) is 0 Å². The van der Waals surface area contributed by atoms with Crippen molar-refractivity contribution in [3.8, 4) is 0 Å². The van der Waals surface area contributed by atoms with E-state index in [-0.39, 0.29) is 11.6 Å². The van der Waals surface area contributed by atoms with Gasteiger partial charge in [0.05, 0.1) is 17.8 Å². The minimum atomic E-state index is -0.0369. The van der Waals surface area contributed by atoms with Crippen molar-refractivity contribution in [2.75, 3.05) is 13.2 Å². The monoisotopic (exact) mass is 279 g/mol. The largest absolute Gasteiger partial charge is 0.373 e. The summed E-state index contributed by atoms with van der Waals surface area (Å²) < 4.78 is 8.28. The molecule has 1 unspecified atom stereocenters. The molecular weight excluding hydrogens is 250 g/mol. The predicted molar refractivity (Wildman–Crippen MR) is 81.8 cm³/mol. The van der Waals surface area contributed by atoms with Crippen LogP contribution in [0.15, 0.2) is 12.4 Å². The summed E-state index contributed by atoms with van der Waals surface area (Å²) in [6.07, 6.45) is 10.2. The van der Waals surface area contributed by atoms with E-state index in [2.05, 4.69) is 37.4 Å². The molecule has 0 radical (unpaired) electrons. The van der Waals surface area contributed by atoms with E-state index in [4.69, 9.17) is 4.74 Å². The fourth-order valence-corrected chi connectivity index (χ4v) is 3.47. The number of nitrogens with zero attached hydrogens (tertiary/aromatic N) is 2. The number of hydrogen-bond donors (Lipinski definition) is 1. The van der Waals surface area contributed by atoms with Crippen LogP contribution >= 0.6 is 0 Å². The van der Waals surface area contributed by atoms with Crippen molar-refractivity contribution in [1.82, 2.24) is 15.1 Å². The quantitative estimate of drug-likeness (QED) is 0.793. The molecular formula is C16H29N3O. The number of aromatic nitrogens is 2. The van der Waals surface area contributed by atoms with E-state index in [1.54, 1.807) is 0 Å². The van der Waals surface area contributed by atoms with Crippen LogP contribution in [0.5, 0.6) is 0 Å². The van der Waals surface area contributed by atoms with Gasteiger partial charge in [-0.3, -0.25) is 4.68 Å². The van der Waals surface area contributed by atoms with Crippen LogP contribution in [0.1, 0.15) is 64.5 Å². The lowest BCUT2D eigenvalue weighted by atomic mass is 9.88. The molecule has 0 amide bonds. The molecule has 4 nitrogen and oxygen atoms in total. The molecule has 4 heteroatoms. The van der Waals surface area contributed by atoms with Crippen LogP contribution in [0.25, 0.3) is 0 Å². The summed E-state index contributed by atoms with van der Waals surface area (Å²) >= 11 is 0. The summed E-state index contributed by atoms with van der Waals surface area (Å²) in [5, 5.41) is 8.14. The number of rotatable bonds is 8. The molecule has 1 aliphatic carbocycles. The van der Waals surface area contributed by atoms with E-state index in [1.165, 1.54) is 18.4 Å². The molecule has 0 saturated heterocycles. The van der Waals surface area contributed by atoms with Crippen molar-refractivity contribution in [3.05, 3.63) is 18.0 Å². The zero-order valence-electron chi connectivity index (χ0n) is 13.2. The summed E-state index contributed by atoms with van der Waals surface area (Å²) in [5.74, 6) is 0. The number of likely N-dealkylation sites (N-methyl/N-ethyl adjacent to an activating group) is 1. The van der Waals surface area contributed by atoms with Gasteiger partial charge in [0.1, 0.15) is 0 Å². The Morgan fingerprint density at radius 3 is 2.70 bits per heavy atom. The molecule has 1 saturated carbocycles. The highest BCUT2D eigenvalue weighted by molar-refractivity contribution is 5.17. The number of nitrogens with one attached hydrogen (secondary N) is 1. The number of ether oxygens (including phenoxy) is 1. The van der Waals surface area contributed by atoms with Crippen molar-refractivity contribution in [1.29, 1.82) is 0 Å². The van der Waals surface area contributed by atoms with Crippen LogP contribution in [0.2, 0.25) is 0 Å². The second-order valence-corrected chi connectivity index (χ2v) is 5.73. The Kier molecular flexibility index (Phi) is 5.61. The van der Waals surface area contributed by atoms with Gasteiger partial charge in [-0.15, -0.1) is 0 Å². The van der Waals surface area contributed by atoms with E-state index >= 15 is 0 Å². The molecule has 0 bridgehead atoms. The molecule has 0 aromatic carbocycles. The van der Waals surface area contributed by atoms with E-state index in [9.17, 15) is 0 Å². The molecule has 1 atom stereocenters. The SMILES string of the molecule is CCCn1cc(C(NCC)C2(OCC)CCCC2)cn1. The first-order valence-corrected chi connectivity index (χ1v) is 8.15. The first-order chi connectivity index (χ1) is 9.75. The highest BCUT2D eigenvalue weighted by Gasteiger charge is 2.43. The average molecular weight is 279 g/mol. The Labute approximate surface area is 122 Å². The Morgan fingerprint density at radius 2 is 2.10 bits per heavy atom. The Morgan fingerprint density at radius 1 is 1.35 bits per heavy atom. The summed E-state index contributed by atoms with van der Waals surface area (Å²) in [6, 6.07) is 0.264. The third-order valence-corrected chi connectivity index (χ3v) is 4.26. The molecule has 1 fully saturated rings. The van der Waals surface area contributed by atoms with Gasteiger partial charge in [0.2, 0.25) is 0 Å². The maximum Gasteiger partial charge on any atom is 0.0877 e. The van der Waals surface area contributed by atoms with E-state index < -0.39 is 0 Å². The van der Waals surface area contributed by atoms with Gasteiger partial charge < -0.3 is 10.1 Å². The first kappa shape index (κ1) is 15.5. The fraction of sp³-hybridized carbons (Fsp3) is 0.812. The molecule has 20 heavy (non-hydrogen) atoms. The summed E-state index contributed by atoms with van der Waals surface area (Å²) in [4.78, 5) is 0. The van der Waals surface area contributed by atoms with Crippen molar-refractivity contribution < 1.29 is 4.74 Å². The second-order valence-electron chi connectivity index (χ2n) is 5.73. The van der Waals surface area contributed by atoms with Gasteiger partial charge in [-0.25, -0.2) is 0 Å². The normalized spacial score (nSPS) is 19.4. The highest BCUT2D eigenvalue weighted by atomic mass is 16.5. The molecule has 114 valence electrons. The molecule has 1 heterocycles. The molecule has 2 rings (SSSR count). The van der Waals surface area contributed by atoms with E-state index in [0.29, 0.717) is 0 Å². The minimum Gasteiger partial charge on any atom is -0.373 e. The van der Waals surface area contributed by atoms with Crippen LogP contribution in [-0.4, -0.2) is 28.5 Å². The number of aryl methyl sites for hydroxylation is 1. The Balaban J connectivity index is 2.23. The molecule has 1 aromatic heterocycles. The Bertz CT molecular complexity index is 396. The molecule has 1 aromatic rings. The molecule has 0 aliphatic heterocycles. The van der Waals surface area contributed by atoms with E-state index in [0.717, 1.165) is 39.0 Å². The van der Waals surface area contributed by atoms with Crippen LogP contribution in [0, 0.1) is 0 Å². The first-order valence-electron chi connectivity index (χ1n) is 8.15. The predicted octanol–water partition coefficient (Wildman–Crippen LogP) is 3.29. The van der Waals surface area contributed by atoms with Gasteiger partial charge in [0, 0.05) is 24.9 Å². The van der Waals surface area contributed by atoms with Gasteiger partial charge >= 0.3 is 0 Å². The smallest absolute Gasteiger partial charge is 0.0877 e. The molecule has 1 aliphatic rings. The van der Waals surface area contributed by atoms with Crippen molar-refractivity contribution in [2.24, 2.45) is 0 Å². The maximum absolute atomic E-state index is 6.23.